The lowest BCUT2D eigenvalue weighted by Crippen LogP contribution is -2.50. The van der Waals surface area contributed by atoms with Crippen molar-refractivity contribution in [3.05, 3.63) is 35.2 Å². The summed E-state index contributed by atoms with van der Waals surface area (Å²) in [5.74, 6) is -0.759. The van der Waals surface area contributed by atoms with E-state index in [2.05, 4.69) is 9.88 Å². The number of anilines is 1. The number of carbonyl (C=O) groups excluding carboxylic acids is 1. The van der Waals surface area contributed by atoms with E-state index in [1.54, 1.807) is 13.8 Å². The molecule has 0 unspecified atom stereocenters. The molecule has 0 bridgehead atoms. The molecule has 0 saturated carbocycles. The van der Waals surface area contributed by atoms with Gasteiger partial charge in [-0.3, -0.25) is 9.52 Å². The Hall–Kier alpha value is -2.68. The molecule has 0 saturated heterocycles. The van der Waals surface area contributed by atoms with Crippen molar-refractivity contribution in [2.75, 3.05) is 37.7 Å². The molecule has 3 rings (SSSR count). The van der Waals surface area contributed by atoms with E-state index in [0.717, 1.165) is 10.6 Å². The van der Waals surface area contributed by atoms with Crippen LogP contribution in [0.1, 0.15) is 35.7 Å². The largest absolute Gasteiger partial charge is 0.486 e. The van der Waals surface area contributed by atoms with E-state index in [1.807, 2.05) is 0 Å². The number of benzene rings is 1. The first-order valence-corrected chi connectivity index (χ1v) is 14.6. The lowest BCUT2D eigenvalue weighted by atomic mass is 9.99. The van der Waals surface area contributed by atoms with Crippen molar-refractivity contribution < 1.29 is 36.0 Å². The lowest BCUT2D eigenvalue weighted by Gasteiger charge is -2.38. The molecule has 2 aromatic rings. The number of amides is 1. The molecule has 2 N–H and O–H groups in total. The van der Waals surface area contributed by atoms with Crippen molar-refractivity contribution in [2.24, 2.45) is 5.92 Å². The molecule has 1 aromatic carbocycles. The summed E-state index contributed by atoms with van der Waals surface area (Å²) in [6, 6.07) is 3.92. The molecule has 200 valence electrons. The Kier molecular flexibility index (Phi) is 8.03. The number of hydrogen-bond acceptors (Lipinski definition) is 9. The third-order valence-corrected chi connectivity index (χ3v) is 9.07. The third-order valence-electron chi connectivity index (χ3n) is 6.18. The Morgan fingerprint density at radius 3 is 2.50 bits per heavy atom. The average molecular weight is 545 g/mol. The van der Waals surface area contributed by atoms with Crippen LogP contribution in [0.4, 0.5) is 5.69 Å². The van der Waals surface area contributed by atoms with Gasteiger partial charge in [0.05, 0.1) is 36.7 Å². The number of nitrogens with zero attached hydrogens (tertiary/aromatic N) is 3. The molecule has 0 fully saturated rings. The molecule has 36 heavy (non-hydrogen) atoms. The number of aliphatic hydroxyl groups is 1. The number of aromatic nitrogens is 1. The summed E-state index contributed by atoms with van der Waals surface area (Å²) in [6.45, 7) is 6.31. The standard InChI is InChI=1S/C22H32N4O8S2/c1-13-10-26(14(2)12-27)22(28)17-8-7-9-18(20(17)33-19(13)11-25(5)35(6,29)30)24-36(31,32)21-15(3)23-34-16(21)4/h7-9,13-14,19,24,27H,10-12H2,1-6H3/t13-,14-,19-/m1/s1. The van der Waals surface area contributed by atoms with Gasteiger partial charge in [0.15, 0.2) is 16.4 Å². The number of carbonyl (C=O) groups is 1. The van der Waals surface area contributed by atoms with E-state index in [4.69, 9.17) is 9.26 Å². The van der Waals surface area contributed by atoms with Gasteiger partial charge in [-0.15, -0.1) is 0 Å². The van der Waals surface area contributed by atoms with Crippen molar-refractivity contribution >= 4 is 31.6 Å². The van der Waals surface area contributed by atoms with Crippen LogP contribution in [0.25, 0.3) is 0 Å². The van der Waals surface area contributed by atoms with Crippen molar-refractivity contribution in [1.82, 2.24) is 14.4 Å². The smallest absolute Gasteiger partial charge is 0.267 e. The molecule has 0 aliphatic carbocycles. The first-order chi connectivity index (χ1) is 16.7. The number of hydrogen-bond donors (Lipinski definition) is 2. The number of rotatable bonds is 8. The fraction of sp³-hybridized carbons (Fsp3) is 0.545. The normalized spacial score (nSPS) is 19.9. The van der Waals surface area contributed by atoms with Crippen LogP contribution in [0.2, 0.25) is 0 Å². The number of likely N-dealkylation sites (N-methyl/N-ethyl adjacent to an activating group) is 1. The zero-order valence-electron chi connectivity index (χ0n) is 21.0. The molecule has 1 aliphatic rings. The van der Waals surface area contributed by atoms with Gasteiger partial charge in [-0.2, -0.15) is 0 Å². The van der Waals surface area contributed by atoms with Gasteiger partial charge in [0.25, 0.3) is 15.9 Å². The summed E-state index contributed by atoms with van der Waals surface area (Å²) in [5, 5.41) is 13.5. The summed E-state index contributed by atoms with van der Waals surface area (Å²) in [6.07, 6.45) is 0.330. The van der Waals surface area contributed by atoms with Gasteiger partial charge in [0.2, 0.25) is 10.0 Å². The second-order valence-corrected chi connectivity index (χ2v) is 12.8. The number of fused-ring (bicyclic) bond motifs is 1. The SMILES string of the molecule is Cc1noc(C)c1S(=O)(=O)Nc1cccc2c1O[C@H](CN(C)S(C)(=O)=O)[C@H](C)CN([C@H](C)CO)C2=O. The Morgan fingerprint density at radius 2 is 1.94 bits per heavy atom. The number of aliphatic hydroxyl groups excluding tert-OH is 1. The first-order valence-electron chi connectivity index (χ1n) is 11.3. The van der Waals surface area contributed by atoms with Crippen LogP contribution in [-0.2, 0) is 20.0 Å². The van der Waals surface area contributed by atoms with E-state index >= 15 is 0 Å². The molecular weight excluding hydrogens is 512 g/mol. The maximum Gasteiger partial charge on any atom is 0.267 e. The van der Waals surface area contributed by atoms with E-state index < -0.39 is 38.1 Å². The maximum absolute atomic E-state index is 13.5. The molecule has 0 spiro atoms. The van der Waals surface area contributed by atoms with Crippen molar-refractivity contribution in [2.45, 2.75) is 44.7 Å². The highest BCUT2D eigenvalue weighted by Crippen LogP contribution is 2.36. The number of aryl methyl sites for hydroxylation is 2. The second-order valence-electron chi connectivity index (χ2n) is 9.11. The Balaban J connectivity index is 2.14. The van der Waals surface area contributed by atoms with Crippen LogP contribution < -0.4 is 9.46 Å². The molecule has 0 radical (unpaired) electrons. The third kappa shape index (κ3) is 5.66. The first kappa shape index (κ1) is 27.9. The zero-order chi connectivity index (χ0) is 27.0. The number of sulfonamides is 2. The van der Waals surface area contributed by atoms with Crippen LogP contribution in [0.5, 0.6) is 5.75 Å². The minimum Gasteiger partial charge on any atom is -0.486 e. The zero-order valence-corrected chi connectivity index (χ0v) is 22.7. The second kappa shape index (κ2) is 10.4. The Labute approximate surface area is 211 Å². The summed E-state index contributed by atoms with van der Waals surface area (Å²) >= 11 is 0. The molecule has 1 aliphatic heterocycles. The monoisotopic (exact) mass is 544 g/mol. The number of nitrogens with one attached hydrogen (secondary N) is 1. The molecule has 1 aromatic heterocycles. The minimum atomic E-state index is -4.17. The highest BCUT2D eigenvalue weighted by Gasteiger charge is 2.36. The number of para-hydroxylation sites is 1. The Morgan fingerprint density at radius 1 is 1.28 bits per heavy atom. The fourth-order valence-corrected chi connectivity index (χ4v) is 5.80. The molecular formula is C22H32N4O8S2. The molecule has 12 nitrogen and oxygen atoms in total. The van der Waals surface area contributed by atoms with Crippen molar-refractivity contribution in [1.29, 1.82) is 0 Å². The van der Waals surface area contributed by atoms with Crippen LogP contribution in [-0.4, -0.2) is 87.4 Å². The van der Waals surface area contributed by atoms with Crippen LogP contribution >= 0.6 is 0 Å². The van der Waals surface area contributed by atoms with Gasteiger partial charge in [-0.25, -0.2) is 21.1 Å². The van der Waals surface area contributed by atoms with Crippen LogP contribution in [0.3, 0.4) is 0 Å². The minimum absolute atomic E-state index is 0.00133. The fourth-order valence-electron chi connectivity index (χ4n) is 3.98. The predicted octanol–water partition coefficient (Wildman–Crippen LogP) is 1.20. The summed E-state index contributed by atoms with van der Waals surface area (Å²) < 4.78 is 65.5. The van der Waals surface area contributed by atoms with Gasteiger partial charge in [0, 0.05) is 19.5 Å². The molecule has 14 heteroatoms. The van der Waals surface area contributed by atoms with Gasteiger partial charge < -0.3 is 19.3 Å². The van der Waals surface area contributed by atoms with Gasteiger partial charge in [-0.05, 0) is 32.9 Å². The van der Waals surface area contributed by atoms with Gasteiger partial charge >= 0.3 is 0 Å². The van der Waals surface area contributed by atoms with E-state index in [0.29, 0.717) is 0 Å². The van der Waals surface area contributed by atoms with Gasteiger partial charge in [-0.1, -0.05) is 18.1 Å². The quantitative estimate of drug-likeness (QED) is 0.498. The van der Waals surface area contributed by atoms with E-state index in [1.165, 1.54) is 44.0 Å². The summed E-state index contributed by atoms with van der Waals surface area (Å²) in [5.41, 5.74) is 0.242. The van der Waals surface area contributed by atoms with Crippen molar-refractivity contribution in [3.63, 3.8) is 0 Å². The highest BCUT2D eigenvalue weighted by atomic mass is 32.2. The molecule has 3 atom stereocenters. The topological polar surface area (TPSA) is 159 Å². The van der Waals surface area contributed by atoms with Crippen LogP contribution in [0, 0.1) is 19.8 Å². The summed E-state index contributed by atoms with van der Waals surface area (Å²) in [4.78, 5) is 14.9. The maximum atomic E-state index is 13.5. The van der Waals surface area contributed by atoms with E-state index in [9.17, 15) is 26.7 Å². The highest BCUT2D eigenvalue weighted by molar-refractivity contribution is 7.92. The average Bonchev–Trinajstić information content (AvgIpc) is 3.13. The predicted molar refractivity (Wildman–Crippen MR) is 132 cm³/mol. The van der Waals surface area contributed by atoms with Crippen LogP contribution in [0.15, 0.2) is 27.6 Å². The molecule has 1 amide bonds. The number of ether oxygens (including phenoxy) is 1. The van der Waals surface area contributed by atoms with E-state index in [-0.39, 0.29) is 59.0 Å². The summed E-state index contributed by atoms with van der Waals surface area (Å²) in [7, 11) is -6.30. The Bertz CT molecular complexity index is 1320. The van der Waals surface area contributed by atoms with Crippen molar-refractivity contribution in [3.8, 4) is 5.75 Å². The van der Waals surface area contributed by atoms with Gasteiger partial charge in [0.1, 0.15) is 11.8 Å². The molecule has 2 heterocycles. The lowest BCUT2D eigenvalue weighted by molar-refractivity contribution is 0.0389.